The number of benzene rings is 1. The molecular formula is C16H21N3. The Morgan fingerprint density at radius 1 is 1.26 bits per heavy atom. The van der Waals surface area contributed by atoms with Crippen molar-refractivity contribution in [2.45, 2.75) is 26.3 Å². The molecule has 1 aliphatic rings. The number of nitrogens with zero attached hydrogens (tertiary/aromatic N) is 2. The first-order valence-electron chi connectivity index (χ1n) is 6.92. The van der Waals surface area contributed by atoms with Crippen LogP contribution in [0, 0.1) is 5.41 Å². The second-order valence-electron chi connectivity index (χ2n) is 6.15. The summed E-state index contributed by atoms with van der Waals surface area (Å²) in [5, 5.41) is 1.23. The van der Waals surface area contributed by atoms with Crippen LogP contribution in [0.25, 0.3) is 10.9 Å². The molecule has 100 valence electrons. The Bertz CT molecular complexity index is 586. The number of anilines is 1. The van der Waals surface area contributed by atoms with Crippen molar-refractivity contribution >= 4 is 16.6 Å². The fourth-order valence-electron chi connectivity index (χ4n) is 2.94. The molecule has 19 heavy (non-hydrogen) atoms. The van der Waals surface area contributed by atoms with Crippen molar-refractivity contribution in [1.29, 1.82) is 0 Å². The number of hydrogen-bond donors (Lipinski definition) is 1. The lowest BCUT2D eigenvalue weighted by molar-refractivity contribution is 0.245. The van der Waals surface area contributed by atoms with Crippen LogP contribution in [0.5, 0.6) is 0 Å². The third-order valence-corrected chi connectivity index (χ3v) is 4.28. The minimum absolute atomic E-state index is 0.155. The van der Waals surface area contributed by atoms with Gasteiger partial charge in [-0.3, -0.25) is 4.98 Å². The predicted octanol–water partition coefficient (Wildman–Crippen LogP) is 2.80. The molecule has 2 aromatic rings. The van der Waals surface area contributed by atoms with E-state index in [4.69, 9.17) is 5.73 Å². The number of piperidine rings is 1. The van der Waals surface area contributed by atoms with E-state index >= 15 is 0 Å². The van der Waals surface area contributed by atoms with Gasteiger partial charge >= 0.3 is 0 Å². The number of rotatable bonds is 1. The average molecular weight is 255 g/mol. The molecule has 1 saturated heterocycles. The molecule has 0 bridgehead atoms. The lowest BCUT2D eigenvalue weighted by atomic mass is 9.79. The Morgan fingerprint density at radius 2 is 2.05 bits per heavy atom. The molecule has 3 heteroatoms. The standard InChI is InChI=1S/C16H21N3/c1-16(2)11-19(10-8-15(16)17)14-7-9-18-13-6-4-3-5-12(13)14/h3-7,9,15H,8,10-11,17H2,1-2H3. The molecule has 1 aromatic heterocycles. The average Bonchev–Trinajstić information content (AvgIpc) is 2.41. The van der Waals surface area contributed by atoms with Crippen LogP contribution in [0.15, 0.2) is 36.5 Å². The molecule has 1 fully saturated rings. The zero-order chi connectivity index (χ0) is 13.5. The van der Waals surface area contributed by atoms with Crippen LogP contribution in [0.2, 0.25) is 0 Å². The van der Waals surface area contributed by atoms with Crippen molar-refractivity contribution in [3.05, 3.63) is 36.5 Å². The molecule has 0 saturated carbocycles. The van der Waals surface area contributed by atoms with Crippen molar-refractivity contribution in [2.24, 2.45) is 11.1 Å². The fraction of sp³-hybridized carbons (Fsp3) is 0.438. The lowest BCUT2D eigenvalue weighted by Crippen LogP contribution is -2.52. The zero-order valence-corrected chi connectivity index (χ0v) is 11.6. The summed E-state index contributed by atoms with van der Waals surface area (Å²) in [6, 6.07) is 10.7. The van der Waals surface area contributed by atoms with Crippen molar-refractivity contribution in [1.82, 2.24) is 4.98 Å². The van der Waals surface area contributed by atoms with Crippen LogP contribution in [0.4, 0.5) is 5.69 Å². The molecule has 0 amide bonds. The minimum atomic E-state index is 0.155. The Balaban J connectivity index is 2.01. The minimum Gasteiger partial charge on any atom is -0.370 e. The van der Waals surface area contributed by atoms with Crippen molar-refractivity contribution in [3.8, 4) is 0 Å². The van der Waals surface area contributed by atoms with Gasteiger partial charge in [0.1, 0.15) is 0 Å². The largest absolute Gasteiger partial charge is 0.370 e. The Morgan fingerprint density at radius 3 is 2.84 bits per heavy atom. The number of nitrogens with two attached hydrogens (primary N) is 1. The fourth-order valence-corrected chi connectivity index (χ4v) is 2.94. The van der Waals surface area contributed by atoms with E-state index in [0.717, 1.165) is 25.0 Å². The van der Waals surface area contributed by atoms with Crippen LogP contribution in [0.1, 0.15) is 20.3 Å². The highest BCUT2D eigenvalue weighted by molar-refractivity contribution is 5.91. The lowest BCUT2D eigenvalue weighted by Gasteiger charge is -2.44. The van der Waals surface area contributed by atoms with E-state index in [1.54, 1.807) is 0 Å². The molecule has 3 rings (SSSR count). The second-order valence-corrected chi connectivity index (χ2v) is 6.15. The Labute approximate surface area is 114 Å². The summed E-state index contributed by atoms with van der Waals surface area (Å²) in [6.07, 6.45) is 2.95. The summed E-state index contributed by atoms with van der Waals surface area (Å²) >= 11 is 0. The Hall–Kier alpha value is -1.61. The van der Waals surface area contributed by atoms with Crippen LogP contribution >= 0.6 is 0 Å². The summed E-state index contributed by atoms with van der Waals surface area (Å²) in [4.78, 5) is 6.89. The number of fused-ring (bicyclic) bond motifs is 1. The van der Waals surface area contributed by atoms with Crippen LogP contribution in [-0.4, -0.2) is 24.1 Å². The molecule has 1 aromatic carbocycles. The normalized spacial score (nSPS) is 22.7. The number of aromatic nitrogens is 1. The molecule has 2 N–H and O–H groups in total. The van der Waals surface area contributed by atoms with Crippen LogP contribution in [-0.2, 0) is 0 Å². The van der Waals surface area contributed by atoms with E-state index in [9.17, 15) is 0 Å². The highest BCUT2D eigenvalue weighted by Gasteiger charge is 2.33. The summed E-state index contributed by atoms with van der Waals surface area (Å²) in [5.41, 5.74) is 8.73. The SMILES string of the molecule is CC1(C)CN(c2ccnc3ccccc23)CCC1N. The van der Waals surface area contributed by atoms with Crippen molar-refractivity contribution < 1.29 is 0 Å². The molecule has 0 spiro atoms. The maximum Gasteiger partial charge on any atom is 0.0722 e. The molecule has 0 radical (unpaired) electrons. The highest BCUT2D eigenvalue weighted by atomic mass is 15.2. The maximum atomic E-state index is 6.23. The Kier molecular flexibility index (Phi) is 2.94. The van der Waals surface area contributed by atoms with E-state index in [1.165, 1.54) is 11.1 Å². The van der Waals surface area contributed by atoms with E-state index in [0.29, 0.717) is 0 Å². The van der Waals surface area contributed by atoms with Gasteiger partial charge in [-0.15, -0.1) is 0 Å². The van der Waals surface area contributed by atoms with Gasteiger partial charge < -0.3 is 10.6 Å². The van der Waals surface area contributed by atoms with E-state index < -0.39 is 0 Å². The van der Waals surface area contributed by atoms with Gasteiger partial charge in [0.2, 0.25) is 0 Å². The smallest absolute Gasteiger partial charge is 0.0722 e. The monoisotopic (exact) mass is 255 g/mol. The third kappa shape index (κ3) is 2.19. The van der Waals surface area contributed by atoms with Crippen LogP contribution < -0.4 is 10.6 Å². The first kappa shape index (κ1) is 12.4. The first-order valence-corrected chi connectivity index (χ1v) is 6.92. The van der Waals surface area contributed by atoms with Gasteiger partial charge in [-0.2, -0.15) is 0 Å². The van der Waals surface area contributed by atoms with Crippen molar-refractivity contribution in [3.63, 3.8) is 0 Å². The van der Waals surface area contributed by atoms with Gasteiger partial charge in [-0.25, -0.2) is 0 Å². The number of para-hydroxylation sites is 1. The van der Waals surface area contributed by atoms with Gasteiger partial charge in [-0.05, 0) is 24.0 Å². The zero-order valence-electron chi connectivity index (χ0n) is 11.6. The molecule has 0 aliphatic carbocycles. The summed E-state index contributed by atoms with van der Waals surface area (Å²) < 4.78 is 0. The molecule has 2 heterocycles. The van der Waals surface area contributed by atoms with Gasteiger partial charge in [0.05, 0.1) is 5.52 Å². The van der Waals surface area contributed by atoms with Crippen molar-refractivity contribution in [2.75, 3.05) is 18.0 Å². The van der Waals surface area contributed by atoms with Gasteiger partial charge in [0.15, 0.2) is 0 Å². The summed E-state index contributed by atoms with van der Waals surface area (Å²) in [7, 11) is 0. The van der Waals surface area contributed by atoms with Gasteiger partial charge in [-0.1, -0.05) is 32.0 Å². The van der Waals surface area contributed by atoms with Gasteiger partial charge in [0, 0.05) is 36.4 Å². The number of hydrogen-bond acceptors (Lipinski definition) is 3. The quantitative estimate of drug-likeness (QED) is 0.852. The maximum absolute atomic E-state index is 6.23. The molecule has 1 unspecified atom stereocenters. The predicted molar refractivity (Wildman–Crippen MR) is 80.3 cm³/mol. The summed E-state index contributed by atoms with van der Waals surface area (Å²) in [6.45, 7) is 6.54. The van der Waals surface area contributed by atoms with E-state index in [2.05, 4.69) is 48.0 Å². The third-order valence-electron chi connectivity index (χ3n) is 4.28. The highest BCUT2D eigenvalue weighted by Crippen LogP contribution is 2.33. The second kappa shape index (κ2) is 4.49. The number of pyridine rings is 1. The van der Waals surface area contributed by atoms with Crippen LogP contribution in [0.3, 0.4) is 0 Å². The molecular weight excluding hydrogens is 234 g/mol. The molecule has 3 nitrogen and oxygen atoms in total. The topological polar surface area (TPSA) is 42.2 Å². The molecule has 1 aliphatic heterocycles. The first-order chi connectivity index (χ1) is 9.08. The van der Waals surface area contributed by atoms with E-state index in [-0.39, 0.29) is 11.5 Å². The molecule has 1 atom stereocenters. The van der Waals surface area contributed by atoms with Gasteiger partial charge in [0.25, 0.3) is 0 Å². The van der Waals surface area contributed by atoms with E-state index in [1.807, 2.05) is 12.3 Å². The summed E-state index contributed by atoms with van der Waals surface area (Å²) in [5.74, 6) is 0.